The average molecular weight is 348 g/mol. The summed E-state index contributed by atoms with van der Waals surface area (Å²) in [5, 5.41) is 8.71. The average Bonchev–Trinajstić information content (AvgIpc) is 3.25. The number of imidazole rings is 1. The number of hydrogen-bond donors (Lipinski definition) is 2. The molecular weight excluding hydrogens is 326 g/mol. The van der Waals surface area contributed by atoms with Gasteiger partial charge in [0.25, 0.3) is 0 Å². The number of fused-ring (bicyclic) bond motifs is 1. The molecule has 0 atom stereocenters. The van der Waals surface area contributed by atoms with E-state index in [2.05, 4.69) is 46.6 Å². The number of thiophene rings is 1. The highest BCUT2D eigenvalue weighted by atomic mass is 32.1. The number of rotatable bonds is 6. The molecule has 0 aliphatic rings. The van der Waals surface area contributed by atoms with Crippen LogP contribution in [0.4, 0.5) is 0 Å². The van der Waals surface area contributed by atoms with Gasteiger partial charge in [-0.1, -0.05) is 6.92 Å². The Hall–Kier alpha value is -1.86. The lowest BCUT2D eigenvalue weighted by atomic mass is 10.3. The number of aromatic nitrogens is 2. The maximum atomic E-state index is 4.63. The van der Waals surface area contributed by atoms with E-state index in [1.807, 2.05) is 33.5 Å². The molecule has 0 spiro atoms. The van der Waals surface area contributed by atoms with Gasteiger partial charge >= 0.3 is 0 Å². The molecule has 5 nitrogen and oxygen atoms in total. The van der Waals surface area contributed by atoms with Crippen LogP contribution in [-0.2, 0) is 19.5 Å². The molecule has 0 bridgehead atoms. The molecule has 0 saturated heterocycles. The van der Waals surface area contributed by atoms with Crippen molar-refractivity contribution in [1.29, 1.82) is 0 Å². The van der Waals surface area contributed by atoms with Gasteiger partial charge in [-0.15, -0.1) is 22.7 Å². The highest BCUT2D eigenvalue weighted by Gasteiger charge is 2.04. The highest BCUT2D eigenvalue weighted by molar-refractivity contribution is 7.15. The molecule has 122 valence electrons. The first-order chi connectivity index (χ1) is 11.3. The number of guanidine groups is 1. The van der Waals surface area contributed by atoms with Gasteiger partial charge in [0, 0.05) is 34.1 Å². The fourth-order valence-electron chi connectivity index (χ4n) is 2.23. The monoisotopic (exact) mass is 347 g/mol. The summed E-state index contributed by atoms with van der Waals surface area (Å²) >= 11 is 3.49. The van der Waals surface area contributed by atoms with Gasteiger partial charge in [-0.3, -0.25) is 4.40 Å². The molecule has 0 amide bonds. The van der Waals surface area contributed by atoms with E-state index in [1.165, 1.54) is 9.75 Å². The summed E-state index contributed by atoms with van der Waals surface area (Å²) in [6.07, 6.45) is 5.15. The smallest absolute Gasteiger partial charge is 0.193 e. The van der Waals surface area contributed by atoms with Crippen LogP contribution >= 0.6 is 22.7 Å². The zero-order valence-electron chi connectivity index (χ0n) is 13.4. The number of nitrogens with zero attached hydrogens (tertiary/aromatic N) is 3. The van der Waals surface area contributed by atoms with Crippen molar-refractivity contribution in [3.05, 3.63) is 45.4 Å². The number of aryl methyl sites for hydroxylation is 1. The van der Waals surface area contributed by atoms with Crippen LogP contribution in [0.2, 0.25) is 0 Å². The Balaban J connectivity index is 1.61. The Kier molecular flexibility index (Phi) is 5.30. The normalized spacial score (nSPS) is 12.0. The molecule has 0 fully saturated rings. The number of thiazole rings is 1. The zero-order chi connectivity index (χ0) is 16.1. The van der Waals surface area contributed by atoms with Crippen LogP contribution in [0.5, 0.6) is 0 Å². The van der Waals surface area contributed by atoms with Crippen molar-refractivity contribution in [3.8, 4) is 0 Å². The van der Waals surface area contributed by atoms with Gasteiger partial charge in [0.15, 0.2) is 10.9 Å². The van der Waals surface area contributed by atoms with Crippen molar-refractivity contribution in [2.75, 3.05) is 6.54 Å². The van der Waals surface area contributed by atoms with Crippen molar-refractivity contribution in [3.63, 3.8) is 0 Å². The van der Waals surface area contributed by atoms with E-state index in [1.54, 1.807) is 11.3 Å². The van der Waals surface area contributed by atoms with Crippen LogP contribution in [0.25, 0.3) is 4.96 Å². The van der Waals surface area contributed by atoms with E-state index in [4.69, 9.17) is 0 Å². The van der Waals surface area contributed by atoms with Gasteiger partial charge in [0.05, 0.1) is 18.8 Å². The van der Waals surface area contributed by atoms with Crippen LogP contribution in [0.3, 0.4) is 0 Å². The largest absolute Gasteiger partial charge is 0.357 e. The maximum absolute atomic E-state index is 4.63. The molecule has 0 aliphatic carbocycles. The second-order valence-corrected chi connectivity index (χ2v) is 7.22. The first-order valence-corrected chi connectivity index (χ1v) is 9.49. The molecule has 2 N–H and O–H groups in total. The summed E-state index contributed by atoms with van der Waals surface area (Å²) in [6.45, 7) is 6.48. The first-order valence-electron chi connectivity index (χ1n) is 7.79. The van der Waals surface area contributed by atoms with Gasteiger partial charge in [-0.05, 0) is 25.5 Å². The third-order valence-corrected chi connectivity index (χ3v) is 5.38. The summed E-state index contributed by atoms with van der Waals surface area (Å²) in [7, 11) is 0. The van der Waals surface area contributed by atoms with Gasteiger partial charge < -0.3 is 10.6 Å². The molecule has 3 rings (SSSR count). The van der Waals surface area contributed by atoms with E-state index >= 15 is 0 Å². The minimum atomic E-state index is 0.578. The SMILES string of the molecule is CCNC(=NCc1cn2ccsc2n1)NCc1ccc(CC)s1. The zero-order valence-corrected chi connectivity index (χ0v) is 15.0. The van der Waals surface area contributed by atoms with E-state index < -0.39 is 0 Å². The highest BCUT2D eigenvalue weighted by Crippen LogP contribution is 2.16. The first kappa shape index (κ1) is 16.0. The lowest BCUT2D eigenvalue weighted by molar-refractivity contribution is 0.820. The van der Waals surface area contributed by atoms with Gasteiger partial charge in [-0.2, -0.15) is 0 Å². The van der Waals surface area contributed by atoms with Crippen molar-refractivity contribution in [2.24, 2.45) is 4.99 Å². The van der Waals surface area contributed by atoms with E-state index in [0.717, 1.165) is 36.1 Å². The summed E-state index contributed by atoms with van der Waals surface area (Å²) in [4.78, 5) is 12.9. The van der Waals surface area contributed by atoms with Crippen LogP contribution < -0.4 is 10.6 Å². The predicted molar refractivity (Wildman–Crippen MR) is 98.4 cm³/mol. The predicted octanol–water partition coefficient (Wildman–Crippen LogP) is 3.28. The van der Waals surface area contributed by atoms with Crippen LogP contribution in [0.15, 0.2) is 34.9 Å². The second kappa shape index (κ2) is 7.61. The lowest BCUT2D eigenvalue weighted by Crippen LogP contribution is -2.36. The minimum absolute atomic E-state index is 0.578. The van der Waals surface area contributed by atoms with E-state index in [0.29, 0.717) is 6.54 Å². The summed E-state index contributed by atoms with van der Waals surface area (Å²) in [5.74, 6) is 0.829. The summed E-state index contributed by atoms with van der Waals surface area (Å²) in [6, 6.07) is 4.38. The Morgan fingerprint density at radius 3 is 2.87 bits per heavy atom. The molecule has 3 aromatic heterocycles. The minimum Gasteiger partial charge on any atom is -0.357 e. The number of hydrogen-bond acceptors (Lipinski definition) is 4. The molecule has 0 aliphatic heterocycles. The van der Waals surface area contributed by atoms with Crippen LogP contribution in [0, 0.1) is 0 Å². The summed E-state index contributed by atoms with van der Waals surface area (Å²) < 4.78 is 2.04. The molecule has 3 heterocycles. The van der Waals surface area contributed by atoms with E-state index in [9.17, 15) is 0 Å². The standard InChI is InChI=1S/C16H21N5S2/c1-3-13-5-6-14(23-13)10-19-15(17-4-2)18-9-12-11-21-7-8-22-16(21)20-12/h5-8,11H,3-4,9-10H2,1-2H3,(H2,17,18,19). The second-order valence-electron chi connectivity index (χ2n) is 5.10. The Morgan fingerprint density at radius 1 is 1.26 bits per heavy atom. The third kappa shape index (κ3) is 4.11. The molecule has 7 heteroatoms. The number of aliphatic imine (C=N–C) groups is 1. The van der Waals surface area contributed by atoms with Crippen LogP contribution in [0.1, 0.15) is 29.3 Å². The topological polar surface area (TPSA) is 53.7 Å². The maximum Gasteiger partial charge on any atom is 0.193 e. The molecule has 0 unspecified atom stereocenters. The third-order valence-electron chi connectivity index (χ3n) is 3.38. The lowest BCUT2D eigenvalue weighted by Gasteiger charge is -2.09. The van der Waals surface area contributed by atoms with Crippen LogP contribution in [-0.4, -0.2) is 21.9 Å². The Morgan fingerprint density at radius 2 is 2.13 bits per heavy atom. The van der Waals surface area contributed by atoms with Crippen molar-refractivity contribution < 1.29 is 0 Å². The Labute approximate surface area is 144 Å². The Bertz CT molecular complexity index is 755. The fourth-order valence-corrected chi connectivity index (χ4v) is 3.85. The molecule has 3 aromatic rings. The molecule has 0 aromatic carbocycles. The van der Waals surface area contributed by atoms with Gasteiger partial charge in [0.1, 0.15) is 0 Å². The number of nitrogens with one attached hydrogen (secondary N) is 2. The van der Waals surface area contributed by atoms with Gasteiger partial charge in [-0.25, -0.2) is 9.98 Å². The molecule has 0 radical (unpaired) electrons. The van der Waals surface area contributed by atoms with E-state index in [-0.39, 0.29) is 0 Å². The summed E-state index contributed by atoms with van der Waals surface area (Å²) in [5.41, 5.74) is 0.985. The van der Waals surface area contributed by atoms with Gasteiger partial charge in [0.2, 0.25) is 0 Å². The van der Waals surface area contributed by atoms with Crippen molar-refractivity contribution >= 4 is 33.6 Å². The molecule has 23 heavy (non-hydrogen) atoms. The van der Waals surface area contributed by atoms with Crippen molar-refractivity contribution in [2.45, 2.75) is 33.4 Å². The molecule has 0 saturated carbocycles. The molecular formula is C16H21N5S2. The van der Waals surface area contributed by atoms with Crippen molar-refractivity contribution in [1.82, 2.24) is 20.0 Å². The fraction of sp³-hybridized carbons (Fsp3) is 0.375. The quantitative estimate of drug-likeness (QED) is 0.531.